The third-order valence-corrected chi connectivity index (χ3v) is 6.08. The van der Waals surface area contributed by atoms with E-state index in [0.29, 0.717) is 29.1 Å². The molecule has 0 fully saturated rings. The molecule has 0 saturated carbocycles. The average Bonchev–Trinajstić information content (AvgIpc) is 3.46. The van der Waals surface area contributed by atoms with Crippen molar-refractivity contribution in [1.82, 2.24) is 29.9 Å². The molecule has 0 radical (unpaired) electrons. The second-order valence-corrected chi connectivity index (χ2v) is 10.2. The molecule has 1 N–H and O–H groups in total. The van der Waals surface area contributed by atoms with Crippen molar-refractivity contribution in [2.75, 3.05) is 6.54 Å². The molecule has 4 rings (SSSR count). The molecular weight excluding hydrogens is 468 g/mol. The van der Waals surface area contributed by atoms with Gasteiger partial charge < -0.3 is 14.5 Å². The van der Waals surface area contributed by atoms with E-state index in [9.17, 15) is 9.59 Å². The Morgan fingerprint density at radius 2 is 1.81 bits per heavy atom. The molecule has 9 heteroatoms. The molecule has 4 aromatic rings. The molecule has 0 unspecified atom stereocenters. The van der Waals surface area contributed by atoms with Crippen LogP contribution in [0.15, 0.2) is 48.7 Å². The lowest BCUT2D eigenvalue weighted by Crippen LogP contribution is -2.36. The number of fused-ring (bicyclic) bond motifs is 1. The van der Waals surface area contributed by atoms with Crippen molar-refractivity contribution in [2.45, 2.75) is 59.1 Å². The maximum absolute atomic E-state index is 13.5. The molecule has 0 aliphatic rings. The summed E-state index contributed by atoms with van der Waals surface area (Å²) in [4.78, 5) is 27.4. The molecule has 37 heavy (non-hydrogen) atoms. The van der Waals surface area contributed by atoms with Crippen LogP contribution in [0.5, 0.6) is 0 Å². The number of hydrogen-bond donors (Lipinski definition) is 1. The van der Waals surface area contributed by atoms with E-state index >= 15 is 0 Å². The van der Waals surface area contributed by atoms with Gasteiger partial charge in [-0.3, -0.25) is 4.79 Å². The average molecular weight is 503 g/mol. The van der Waals surface area contributed by atoms with Gasteiger partial charge in [0.05, 0.1) is 18.3 Å². The summed E-state index contributed by atoms with van der Waals surface area (Å²) in [6.45, 7) is 9.39. The van der Waals surface area contributed by atoms with Gasteiger partial charge in [-0.05, 0) is 81.1 Å². The number of esters is 1. The Morgan fingerprint density at radius 1 is 1.05 bits per heavy atom. The Bertz CT molecular complexity index is 1400. The molecule has 0 aliphatic carbocycles. The van der Waals surface area contributed by atoms with Gasteiger partial charge in [-0.1, -0.05) is 31.2 Å². The van der Waals surface area contributed by atoms with Gasteiger partial charge in [0.15, 0.2) is 6.61 Å². The third-order valence-electron chi connectivity index (χ3n) is 6.08. The Hall–Kier alpha value is -3.85. The first-order chi connectivity index (χ1) is 17.6. The highest BCUT2D eigenvalue weighted by molar-refractivity contribution is 6.09. The van der Waals surface area contributed by atoms with Crippen molar-refractivity contribution in [3.63, 3.8) is 0 Å². The maximum atomic E-state index is 13.5. The lowest BCUT2D eigenvalue weighted by Gasteiger charge is -2.20. The van der Waals surface area contributed by atoms with E-state index in [1.807, 2.05) is 41.7 Å². The molecule has 1 aromatic carbocycles. The lowest BCUT2D eigenvalue weighted by molar-refractivity contribution is 0.0462. The minimum absolute atomic E-state index is 0.0400. The highest BCUT2D eigenvalue weighted by Gasteiger charge is 2.20. The summed E-state index contributed by atoms with van der Waals surface area (Å²) < 4.78 is 7.16. The topological polar surface area (TPSA) is 103 Å². The Balaban J connectivity index is 1.47. The molecule has 0 aliphatic heterocycles. The predicted octanol–water partition coefficient (Wildman–Crippen LogP) is 3.93. The van der Waals surface area contributed by atoms with E-state index in [1.165, 1.54) is 10.4 Å². The standard InChI is InChI=1S/C28H34N6O3/c1-6-20-16-23-17-22(27(36)37-18-24-30-32-33(5)31-24)13-15-34(23)25(20)26(35)21-11-9-19(10-12-21)8-7-14-29-28(2,3)4/h9-13,15-17,29H,6-8,14,18H2,1-5H3. The minimum atomic E-state index is -0.490. The zero-order valence-corrected chi connectivity index (χ0v) is 22.1. The Kier molecular flexibility index (Phi) is 7.83. The number of aromatic nitrogens is 5. The number of nitrogens with one attached hydrogen (secondary N) is 1. The summed E-state index contributed by atoms with van der Waals surface area (Å²) in [5.41, 5.74) is 4.66. The molecule has 0 bridgehead atoms. The number of carbonyl (C=O) groups excluding carboxylic acids is 2. The Morgan fingerprint density at radius 3 is 2.46 bits per heavy atom. The summed E-state index contributed by atoms with van der Waals surface area (Å²) in [6, 6.07) is 13.2. The van der Waals surface area contributed by atoms with Gasteiger partial charge in [-0.15, -0.1) is 10.2 Å². The quantitative estimate of drug-likeness (QED) is 0.199. The van der Waals surface area contributed by atoms with Crippen LogP contribution in [0.25, 0.3) is 5.52 Å². The summed E-state index contributed by atoms with van der Waals surface area (Å²) in [6.07, 6.45) is 4.43. The number of nitrogens with zero attached hydrogens (tertiary/aromatic N) is 5. The smallest absolute Gasteiger partial charge is 0.338 e. The van der Waals surface area contributed by atoms with Crippen molar-refractivity contribution in [1.29, 1.82) is 0 Å². The van der Waals surface area contributed by atoms with Gasteiger partial charge in [0, 0.05) is 22.8 Å². The number of pyridine rings is 1. The fraction of sp³-hybridized carbons (Fsp3) is 0.393. The summed E-state index contributed by atoms with van der Waals surface area (Å²) in [5.74, 6) is -0.203. The zero-order chi connectivity index (χ0) is 26.6. The highest BCUT2D eigenvalue weighted by Crippen LogP contribution is 2.23. The second-order valence-electron chi connectivity index (χ2n) is 10.2. The van der Waals surface area contributed by atoms with Crippen LogP contribution in [0.2, 0.25) is 0 Å². The molecule has 3 aromatic heterocycles. The van der Waals surface area contributed by atoms with Gasteiger partial charge in [-0.2, -0.15) is 4.80 Å². The van der Waals surface area contributed by atoms with Crippen molar-refractivity contribution in [3.8, 4) is 0 Å². The first kappa shape index (κ1) is 26.2. The van der Waals surface area contributed by atoms with Crippen molar-refractivity contribution < 1.29 is 14.3 Å². The first-order valence-electron chi connectivity index (χ1n) is 12.6. The number of ketones is 1. The van der Waals surface area contributed by atoms with Gasteiger partial charge >= 0.3 is 5.97 Å². The van der Waals surface area contributed by atoms with E-state index in [2.05, 4.69) is 41.5 Å². The zero-order valence-electron chi connectivity index (χ0n) is 22.1. The summed E-state index contributed by atoms with van der Waals surface area (Å²) in [7, 11) is 1.64. The van der Waals surface area contributed by atoms with E-state index in [0.717, 1.165) is 30.5 Å². The number of tetrazole rings is 1. The second kappa shape index (κ2) is 11.0. The van der Waals surface area contributed by atoms with Crippen LogP contribution in [-0.4, -0.2) is 48.4 Å². The third kappa shape index (κ3) is 6.48. The van der Waals surface area contributed by atoms with E-state index in [-0.39, 0.29) is 17.9 Å². The molecule has 0 amide bonds. The van der Waals surface area contributed by atoms with Gasteiger partial charge in [0.1, 0.15) is 0 Å². The molecular formula is C28H34N6O3. The normalized spacial score (nSPS) is 11.7. The summed E-state index contributed by atoms with van der Waals surface area (Å²) in [5, 5.41) is 15.1. The predicted molar refractivity (Wildman–Crippen MR) is 141 cm³/mol. The monoisotopic (exact) mass is 502 g/mol. The van der Waals surface area contributed by atoms with Crippen molar-refractivity contribution >= 4 is 17.3 Å². The Labute approximate surface area is 216 Å². The highest BCUT2D eigenvalue weighted by atomic mass is 16.5. The lowest BCUT2D eigenvalue weighted by atomic mass is 10.0. The molecule has 0 spiro atoms. The molecule has 0 atom stereocenters. The number of ether oxygens (including phenoxy) is 1. The van der Waals surface area contributed by atoms with E-state index in [1.54, 1.807) is 25.4 Å². The van der Waals surface area contributed by atoms with Gasteiger partial charge in [0.2, 0.25) is 11.6 Å². The summed E-state index contributed by atoms with van der Waals surface area (Å²) >= 11 is 0. The van der Waals surface area contributed by atoms with Crippen LogP contribution in [0.3, 0.4) is 0 Å². The van der Waals surface area contributed by atoms with Crippen molar-refractivity contribution in [3.05, 3.63) is 82.4 Å². The SMILES string of the molecule is CCc1cc2cc(C(=O)OCc3nnn(C)n3)ccn2c1C(=O)c1ccc(CCCNC(C)(C)C)cc1. The van der Waals surface area contributed by atoms with Crippen LogP contribution in [0, 0.1) is 0 Å². The van der Waals surface area contributed by atoms with E-state index < -0.39 is 5.97 Å². The first-order valence-corrected chi connectivity index (χ1v) is 12.6. The van der Waals surface area contributed by atoms with Crippen LogP contribution >= 0.6 is 0 Å². The number of benzene rings is 1. The molecule has 0 saturated heterocycles. The fourth-order valence-electron chi connectivity index (χ4n) is 4.20. The van der Waals surface area contributed by atoms with Crippen LogP contribution in [-0.2, 0) is 31.2 Å². The number of carbonyl (C=O) groups is 2. The van der Waals surface area contributed by atoms with Gasteiger partial charge in [-0.25, -0.2) is 4.79 Å². The van der Waals surface area contributed by atoms with Crippen LogP contribution in [0.1, 0.15) is 77.5 Å². The molecule has 194 valence electrons. The van der Waals surface area contributed by atoms with E-state index in [4.69, 9.17) is 4.74 Å². The molecule has 3 heterocycles. The number of aryl methyl sites for hydroxylation is 3. The number of rotatable bonds is 10. The number of hydrogen-bond acceptors (Lipinski definition) is 7. The van der Waals surface area contributed by atoms with Crippen LogP contribution < -0.4 is 5.32 Å². The molecule has 9 nitrogen and oxygen atoms in total. The van der Waals surface area contributed by atoms with Gasteiger partial charge in [0.25, 0.3) is 0 Å². The maximum Gasteiger partial charge on any atom is 0.338 e. The van der Waals surface area contributed by atoms with Crippen molar-refractivity contribution in [2.24, 2.45) is 7.05 Å². The fourth-order valence-corrected chi connectivity index (χ4v) is 4.20. The van der Waals surface area contributed by atoms with Crippen LogP contribution in [0.4, 0.5) is 0 Å². The largest absolute Gasteiger partial charge is 0.454 e. The minimum Gasteiger partial charge on any atom is -0.454 e.